The number of amides is 1. The normalized spacial score (nSPS) is 20.4. The van der Waals surface area contributed by atoms with Crippen molar-refractivity contribution >= 4 is 15.9 Å². The number of rotatable bonds is 5. The first kappa shape index (κ1) is 18.1. The van der Waals surface area contributed by atoms with Gasteiger partial charge in [-0.25, -0.2) is 17.4 Å². The molecule has 2 aliphatic rings. The van der Waals surface area contributed by atoms with Crippen LogP contribution in [0.3, 0.4) is 0 Å². The predicted octanol–water partition coefficient (Wildman–Crippen LogP) is 1.49. The van der Waals surface area contributed by atoms with E-state index in [2.05, 4.69) is 10.3 Å². The molecule has 0 bridgehead atoms. The van der Waals surface area contributed by atoms with Gasteiger partial charge in [0, 0.05) is 44.9 Å². The van der Waals surface area contributed by atoms with Gasteiger partial charge < -0.3 is 4.90 Å². The first-order valence-electron chi connectivity index (χ1n) is 9.10. The van der Waals surface area contributed by atoms with Crippen molar-refractivity contribution in [3.05, 3.63) is 41.7 Å². The molecule has 0 unspecified atom stereocenters. The predicted molar refractivity (Wildman–Crippen MR) is 98.9 cm³/mol. The van der Waals surface area contributed by atoms with Gasteiger partial charge in [-0.2, -0.15) is 0 Å². The summed E-state index contributed by atoms with van der Waals surface area (Å²) in [4.78, 5) is 14.7. The molecular formula is C18H23N5O3S. The van der Waals surface area contributed by atoms with Gasteiger partial charge in [-0.3, -0.25) is 4.79 Å². The number of aromatic nitrogens is 3. The summed E-state index contributed by atoms with van der Waals surface area (Å²) in [5.41, 5.74) is 1.54. The van der Waals surface area contributed by atoms with Gasteiger partial charge >= 0.3 is 0 Å². The molecule has 1 atom stereocenters. The molecule has 1 aliphatic heterocycles. The highest BCUT2D eigenvalue weighted by molar-refractivity contribution is 7.89. The third-order valence-electron chi connectivity index (χ3n) is 5.23. The third-order valence-corrected chi connectivity index (χ3v) is 7.06. The highest BCUT2D eigenvalue weighted by Gasteiger charge is 2.31. The average Bonchev–Trinajstić information content (AvgIpc) is 3.19. The molecule has 0 radical (unpaired) electrons. The standard InChI is InChI=1S/C18H23N5O3S/c1-21(2)27(25,26)16-7-5-14(6-8-16)18(24)22-10-9-15(11-22)23-12-17(19-20-23)13-3-4-13/h5-8,12-13,15H,3-4,9-11H2,1-2H3/t15-/m0/s1. The fourth-order valence-electron chi connectivity index (χ4n) is 3.34. The molecule has 1 aromatic heterocycles. The zero-order valence-electron chi connectivity index (χ0n) is 15.4. The highest BCUT2D eigenvalue weighted by Crippen LogP contribution is 2.39. The molecule has 1 aromatic carbocycles. The molecule has 1 saturated heterocycles. The molecule has 0 N–H and O–H groups in total. The van der Waals surface area contributed by atoms with E-state index in [1.165, 1.54) is 39.1 Å². The van der Waals surface area contributed by atoms with E-state index in [0.717, 1.165) is 16.4 Å². The summed E-state index contributed by atoms with van der Waals surface area (Å²) in [6, 6.07) is 6.26. The Morgan fingerprint density at radius 2 is 1.85 bits per heavy atom. The minimum absolute atomic E-state index is 0.0890. The Hall–Kier alpha value is -2.26. The SMILES string of the molecule is CN(C)S(=O)(=O)c1ccc(C(=O)N2CC[C@H](n3cc(C4CC4)nn3)C2)cc1. The fraction of sp³-hybridized carbons (Fsp3) is 0.500. The van der Waals surface area contributed by atoms with Gasteiger partial charge in [0.25, 0.3) is 5.91 Å². The Balaban J connectivity index is 1.44. The van der Waals surface area contributed by atoms with Crippen LogP contribution in [-0.2, 0) is 10.0 Å². The summed E-state index contributed by atoms with van der Waals surface area (Å²) in [5.74, 6) is 0.476. The summed E-state index contributed by atoms with van der Waals surface area (Å²) in [7, 11) is -0.526. The van der Waals surface area contributed by atoms with Crippen LogP contribution in [0, 0.1) is 0 Å². The van der Waals surface area contributed by atoms with Gasteiger partial charge in [-0.05, 0) is 43.5 Å². The lowest BCUT2D eigenvalue weighted by atomic mass is 10.2. The average molecular weight is 389 g/mol. The van der Waals surface area contributed by atoms with Gasteiger partial charge in [-0.1, -0.05) is 5.21 Å². The van der Waals surface area contributed by atoms with Crippen LogP contribution in [0.1, 0.15) is 47.3 Å². The lowest BCUT2D eigenvalue weighted by molar-refractivity contribution is 0.0787. The van der Waals surface area contributed by atoms with Crippen molar-refractivity contribution in [1.29, 1.82) is 0 Å². The monoisotopic (exact) mass is 389 g/mol. The zero-order chi connectivity index (χ0) is 19.2. The molecule has 8 nitrogen and oxygen atoms in total. The van der Waals surface area contributed by atoms with E-state index in [0.29, 0.717) is 24.6 Å². The lowest BCUT2D eigenvalue weighted by Crippen LogP contribution is -2.29. The minimum Gasteiger partial charge on any atom is -0.336 e. The molecule has 1 amide bonds. The Morgan fingerprint density at radius 1 is 1.15 bits per heavy atom. The number of carbonyl (C=O) groups is 1. The van der Waals surface area contributed by atoms with Gasteiger partial charge in [0.2, 0.25) is 10.0 Å². The number of nitrogens with zero attached hydrogens (tertiary/aromatic N) is 5. The van der Waals surface area contributed by atoms with E-state index in [4.69, 9.17) is 0 Å². The molecule has 4 rings (SSSR count). The van der Waals surface area contributed by atoms with Crippen molar-refractivity contribution in [2.24, 2.45) is 0 Å². The first-order chi connectivity index (χ1) is 12.9. The summed E-state index contributed by atoms with van der Waals surface area (Å²) in [6.45, 7) is 1.24. The molecule has 0 spiro atoms. The van der Waals surface area contributed by atoms with Crippen LogP contribution < -0.4 is 0 Å². The van der Waals surface area contributed by atoms with Crippen LogP contribution in [0.25, 0.3) is 0 Å². The maximum absolute atomic E-state index is 12.8. The Kier molecular flexibility index (Phi) is 4.51. The zero-order valence-corrected chi connectivity index (χ0v) is 16.3. The molecule has 1 saturated carbocycles. The van der Waals surface area contributed by atoms with Crippen molar-refractivity contribution in [1.82, 2.24) is 24.2 Å². The van der Waals surface area contributed by atoms with E-state index in [1.807, 2.05) is 10.9 Å². The second-order valence-electron chi connectivity index (χ2n) is 7.40. The lowest BCUT2D eigenvalue weighted by Gasteiger charge is -2.17. The van der Waals surface area contributed by atoms with E-state index in [-0.39, 0.29) is 16.8 Å². The smallest absolute Gasteiger partial charge is 0.253 e. The van der Waals surface area contributed by atoms with Gasteiger partial charge in [0.15, 0.2) is 0 Å². The van der Waals surface area contributed by atoms with Crippen LogP contribution in [0.15, 0.2) is 35.4 Å². The molecule has 2 heterocycles. The highest BCUT2D eigenvalue weighted by atomic mass is 32.2. The fourth-order valence-corrected chi connectivity index (χ4v) is 4.24. The quantitative estimate of drug-likeness (QED) is 0.773. The van der Waals surface area contributed by atoms with Gasteiger partial charge in [0.1, 0.15) is 0 Å². The molecule has 1 aliphatic carbocycles. The second kappa shape index (κ2) is 6.72. The second-order valence-corrected chi connectivity index (χ2v) is 9.55. The topological polar surface area (TPSA) is 88.4 Å². The summed E-state index contributed by atoms with van der Waals surface area (Å²) in [5, 5.41) is 8.48. The molecule has 9 heteroatoms. The number of sulfonamides is 1. The maximum Gasteiger partial charge on any atom is 0.253 e. The number of hydrogen-bond acceptors (Lipinski definition) is 5. The first-order valence-corrected chi connectivity index (χ1v) is 10.5. The number of benzene rings is 1. The Bertz CT molecular complexity index is 948. The Labute approximate surface area is 158 Å². The molecular weight excluding hydrogens is 366 g/mol. The number of hydrogen-bond donors (Lipinski definition) is 0. The van der Waals surface area contributed by atoms with E-state index >= 15 is 0 Å². The van der Waals surface area contributed by atoms with Gasteiger partial charge in [-0.15, -0.1) is 5.10 Å². The van der Waals surface area contributed by atoms with E-state index < -0.39 is 10.0 Å². The van der Waals surface area contributed by atoms with E-state index in [1.54, 1.807) is 17.0 Å². The van der Waals surface area contributed by atoms with Crippen LogP contribution in [0.2, 0.25) is 0 Å². The van der Waals surface area contributed by atoms with Crippen molar-refractivity contribution in [2.75, 3.05) is 27.2 Å². The van der Waals surface area contributed by atoms with Crippen molar-refractivity contribution in [2.45, 2.75) is 36.1 Å². The number of carbonyl (C=O) groups excluding carboxylic acids is 1. The van der Waals surface area contributed by atoms with Crippen molar-refractivity contribution in [3.8, 4) is 0 Å². The largest absolute Gasteiger partial charge is 0.336 e. The van der Waals surface area contributed by atoms with Crippen molar-refractivity contribution < 1.29 is 13.2 Å². The summed E-state index contributed by atoms with van der Waals surface area (Å²) < 4.78 is 27.3. The van der Waals surface area contributed by atoms with Crippen LogP contribution in [-0.4, -0.2) is 65.7 Å². The number of likely N-dealkylation sites (tertiary alicyclic amines) is 1. The van der Waals surface area contributed by atoms with Crippen LogP contribution >= 0.6 is 0 Å². The van der Waals surface area contributed by atoms with Crippen LogP contribution in [0.4, 0.5) is 0 Å². The van der Waals surface area contributed by atoms with Gasteiger partial charge in [0.05, 0.1) is 16.6 Å². The van der Waals surface area contributed by atoms with E-state index in [9.17, 15) is 13.2 Å². The third kappa shape index (κ3) is 3.49. The Morgan fingerprint density at radius 3 is 2.48 bits per heavy atom. The molecule has 2 aromatic rings. The van der Waals surface area contributed by atoms with Crippen LogP contribution in [0.5, 0.6) is 0 Å². The molecule has 27 heavy (non-hydrogen) atoms. The maximum atomic E-state index is 12.8. The summed E-state index contributed by atoms with van der Waals surface area (Å²) >= 11 is 0. The summed E-state index contributed by atoms with van der Waals surface area (Å²) in [6.07, 6.45) is 5.23. The minimum atomic E-state index is -3.49. The van der Waals surface area contributed by atoms with Crippen molar-refractivity contribution in [3.63, 3.8) is 0 Å². The molecule has 2 fully saturated rings. The molecule has 144 valence electrons.